The molecule has 6 heteroatoms. The highest BCUT2D eigenvalue weighted by atomic mass is 16.5. The van der Waals surface area contributed by atoms with Gasteiger partial charge in [0.2, 0.25) is 0 Å². The van der Waals surface area contributed by atoms with Crippen LogP contribution < -0.4 is 10.9 Å². The van der Waals surface area contributed by atoms with E-state index in [0.717, 1.165) is 56.2 Å². The molecule has 1 saturated carbocycles. The summed E-state index contributed by atoms with van der Waals surface area (Å²) in [6.07, 6.45) is 9.77. The summed E-state index contributed by atoms with van der Waals surface area (Å²) in [4.78, 5) is 27.9. The topological polar surface area (TPSA) is 76.1 Å². The molecule has 3 rings (SSSR count). The molecule has 2 aromatic rings. The number of hydrogen-bond acceptors (Lipinski definition) is 3. The number of aryl methyl sites for hydroxylation is 2. The van der Waals surface area contributed by atoms with Gasteiger partial charge >= 0.3 is 0 Å². The summed E-state index contributed by atoms with van der Waals surface area (Å²) in [5.41, 5.74) is 1.98. The largest absolute Gasteiger partial charge is 0.378 e. The fraction of sp³-hybridized carbons (Fsp3) is 0.600. The monoisotopic (exact) mass is 359 g/mol. The lowest BCUT2D eigenvalue weighted by molar-refractivity contribution is 0.0183. The highest BCUT2D eigenvalue weighted by Crippen LogP contribution is 2.24. The van der Waals surface area contributed by atoms with E-state index in [-0.39, 0.29) is 23.6 Å². The van der Waals surface area contributed by atoms with Gasteiger partial charge in [-0.3, -0.25) is 9.59 Å². The van der Waals surface area contributed by atoms with Crippen molar-refractivity contribution in [2.45, 2.75) is 64.5 Å². The van der Waals surface area contributed by atoms with E-state index < -0.39 is 0 Å². The third-order valence-electron chi connectivity index (χ3n) is 5.26. The number of aromatic nitrogens is 2. The first-order chi connectivity index (χ1) is 12.5. The van der Waals surface area contributed by atoms with E-state index in [4.69, 9.17) is 4.74 Å². The van der Waals surface area contributed by atoms with Crippen molar-refractivity contribution < 1.29 is 9.53 Å². The lowest BCUT2D eigenvalue weighted by atomic mass is 9.92. The van der Waals surface area contributed by atoms with Gasteiger partial charge in [-0.05, 0) is 44.6 Å². The Morgan fingerprint density at radius 3 is 3.00 bits per heavy atom. The number of pyridine rings is 1. The molecule has 1 fully saturated rings. The Kier molecular flexibility index (Phi) is 5.81. The van der Waals surface area contributed by atoms with Gasteiger partial charge in [0.25, 0.3) is 11.5 Å². The number of amides is 1. The summed E-state index contributed by atoms with van der Waals surface area (Å²) in [5, 5.41) is 3.59. The Bertz CT molecular complexity index is 837. The Labute approximate surface area is 153 Å². The molecule has 6 nitrogen and oxygen atoms in total. The molecule has 1 aliphatic carbocycles. The number of H-pyrrole nitrogens is 1. The van der Waals surface area contributed by atoms with Gasteiger partial charge in [0.1, 0.15) is 0 Å². The molecular formula is C20H29N3O3. The Hall–Kier alpha value is -2.08. The van der Waals surface area contributed by atoms with E-state index in [2.05, 4.69) is 17.2 Å². The van der Waals surface area contributed by atoms with Crippen LogP contribution in [0.15, 0.2) is 17.2 Å². The Morgan fingerprint density at radius 1 is 1.42 bits per heavy atom. The predicted octanol–water partition coefficient (Wildman–Crippen LogP) is 3.03. The first kappa shape index (κ1) is 18.7. The average molecular weight is 359 g/mol. The maximum Gasteiger partial charge on any atom is 0.258 e. The van der Waals surface area contributed by atoms with E-state index in [1.807, 2.05) is 18.5 Å². The molecule has 0 aliphatic heterocycles. The number of carbonyl (C=O) groups excluding carboxylic acids is 1. The van der Waals surface area contributed by atoms with Gasteiger partial charge in [-0.2, -0.15) is 0 Å². The minimum absolute atomic E-state index is 0.0991. The maximum absolute atomic E-state index is 12.9. The second-order valence-corrected chi connectivity index (χ2v) is 7.36. The molecule has 0 spiro atoms. The molecule has 2 atom stereocenters. The van der Waals surface area contributed by atoms with Crippen molar-refractivity contribution in [1.29, 1.82) is 0 Å². The Morgan fingerprint density at radius 2 is 2.23 bits per heavy atom. The normalized spacial score (nSPS) is 20.4. The lowest BCUT2D eigenvalue weighted by Gasteiger charge is -2.29. The van der Waals surface area contributed by atoms with E-state index in [0.29, 0.717) is 10.9 Å². The fourth-order valence-electron chi connectivity index (χ4n) is 3.90. The molecular weight excluding hydrogens is 330 g/mol. The molecule has 0 saturated heterocycles. The maximum atomic E-state index is 12.9. The van der Waals surface area contributed by atoms with Crippen molar-refractivity contribution in [3.05, 3.63) is 33.9 Å². The molecule has 1 aliphatic rings. The van der Waals surface area contributed by atoms with Crippen LogP contribution in [0, 0.1) is 6.92 Å². The molecule has 0 radical (unpaired) electrons. The number of unbranched alkanes of at least 4 members (excludes halogenated alkanes) is 1. The third-order valence-corrected chi connectivity index (χ3v) is 5.26. The number of carbonyl (C=O) groups is 1. The number of rotatable bonds is 6. The van der Waals surface area contributed by atoms with Gasteiger partial charge in [0.15, 0.2) is 0 Å². The van der Waals surface area contributed by atoms with Crippen LogP contribution in [-0.2, 0) is 11.8 Å². The predicted molar refractivity (Wildman–Crippen MR) is 103 cm³/mol. The average Bonchev–Trinajstić information content (AvgIpc) is 2.98. The van der Waals surface area contributed by atoms with Crippen LogP contribution >= 0.6 is 0 Å². The highest BCUT2D eigenvalue weighted by molar-refractivity contribution is 6.07. The summed E-state index contributed by atoms with van der Waals surface area (Å²) in [6.45, 7) is 4.87. The van der Waals surface area contributed by atoms with E-state index in [1.165, 1.54) is 0 Å². The molecule has 142 valence electrons. The minimum atomic E-state index is -0.222. The first-order valence-electron chi connectivity index (χ1n) is 9.61. The zero-order chi connectivity index (χ0) is 18.7. The second-order valence-electron chi connectivity index (χ2n) is 7.36. The van der Waals surface area contributed by atoms with Crippen molar-refractivity contribution in [3.8, 4) is 0 Å². The number of nitrogens with zero attached hydrogens (tertiary/aromatic N) is 1. The van der Waals surface area contributed by atoms with Crippen LogP contribution in [0.25, 0.3) is 10.9 Å². The zero-order valence-corrected chi connectivity index (χ0v) is 15.9. The van der Waals surface area contributed by atoms with Gasteiger partial charge in [-0.25, -0.2) is 0 Å². The van der Waals surface area contributed by atoms with Gasteiger partial charge in [0.05, 0.1) is 22.6 Å². The quantitative estimate of drug-likeness (QED) is 0.779. The van der Waals surface area contributed by atoms with Crippen molar-refractivity contribution in [2.75, 3.05) is 6.61 Å². The van der Waals surface area contributed by atoms with Crippen molar-refractivity contribution >= 4 is 16.8 Å². The van der Waals surface area contributed by atoms with Crippen molar-refractivity contribution in [1.82, 2.24) is 14.9 Å². The van der Waals surface area contributed by atoms with Gasteiger partial charge < -0.3 is 19.6 Å². The molecule has 0 bridgehead atoms. The first-order valence-corrected chi connectivity index (χ1v) is 9.61. The third kappa shape index (κ3) is 3.85. The fourth-order valence-corrected chi connectivity index (χ4v) is 3.90. The standard InChI is InChI=1S/C20H29N3O3/c1-4-5-9-26-15-8-6-7-14(10-15)22-19(24)16-12-23(3)18-13(2)11-21-20(25)17(16)18/h11-12,14-15H,4-10H2,1-3H3,(H,21,25)(H,22,24)/t14-,15?/m0/s1. The molecule has 2 heterocycles. The number of fused-ring (bicyclic) bond motifs is 1. The zero-order valence-electron chi connectivity index (χ0n) is 15.9. The number of ether oxygens (including phenoxy) is 1. The van der Waals surface area contributed by atoms with Gasteiger partial charge in [0, 0.05) is 32.1 Å². The van der Waals surface area contributed by atoms with E-state index in [1.54, 1.807) is 12.4 Å². The number of hydrogen-bond donors (Lipinski definition) is 2. The summed E-state index contributed by atoms with van der Waals surface area (Å²) in [5.74, 6) is -0.175. The molecule has 0 aromatic carbocycles. The number of nitrogens with one attached hydrogen (secondary N) is 2. The second kappa shape index (κ2) is 8.08. The Balaban J connectivity index is 1.73. The number of aromatic amines is 1. The van der Waals surface area contributed by atoms with Gasteiger partial charge in [-0.15, -0.1) is 0 Å². The van der Waals surface area contributed by atoms with Gasteiger partial charge in [-0.1, -0.05) is 13.3 Å². The SMILES string of the molecule is CCCCOC1CCC[C@H](NC(=O)c2cn(C)c3c(C)c[nH]c(=O)c23)C1. The molecule has 26 heavy (non-hydrogen) atoms. The highest BCUT2D eigenvalue weighted by Gasteiger charge is 2.26. The van der Waals surface area contributed by atoms with Crippen LogP contribution in [0.1, 0.15) is 61.4 Å². The molecule has 1 amide bonds. The smallest absolute Gasteiger partial charge is 0.258 e. The molecule has 1 unspecified atom stereocenters. The van der Waals surface area contributed by atoms with Crippen LogP contribution in [0.3, 0.4) is 0 Å². The van der Waals surface area contributed by atoms with Crippen molar-refractivity contribution in [3.63, 3.8) is 0 Å². The molecule has 2 N–H and O–H groups in total. The van der Waals surface area contributed by atoms with E-state index >= 15 is 0 Å². The van der Waals surface area contributed by atoms with Crippen LogP contribution in [-0.4, -0.2) is 34.2 Å². The summed E-state index contributed by atoms with van der Waals surface area (Å²) in [7, 11) is 1.86. The minimum Gasteiger partial charge on any atom is -0.378 e. The van der Waals surface area contributed by atoms with Crippen LogP contribution in [0.5, 0.6) is 0 Å². The van der Waals surface area contributed by atoms with Crippen molar-refractivity contribution in [2.24, 2.45) is 7.05 Å². The summed E-state index contributed by atoms with van der Waals surface area (Å²) < 4.78 is 7.79. The summed E-state index contributed by atoms with van der Waals surface area (Å²) >= 11 is 0. The lowest BCUT2D eigenvalue weighted by Crippen LogP contribution is -2.40. The summed E-state index contributed by atoms with van der Waals surface area (Å²) in [6, 6.07) is 0.0991. The van der Waals surface area contributed by atoms with Crippen LogP contribution in [0.4, 0.5) is 0 Å². The van der Waals surface area contributed by atoms with Crippen LogP contribution in [0.2, 0.25) is 0 Å². The molecule has 2 aromatic heterocycles. The van der Waals surface area contributed by atoms with E-state index in [9.17, 15) is 9.59 Å².